The molecule has 0 saturated heterocycles. The van der Waals surface area contributed by atoms with Crippen LogP contribution in [0.2, 0.25) is 0 Å². The van der Waals surface area contributed by atoms with Crippen LogP contribution in [0.5, 0.6) is 0 Å². The van der Waals surface area contributed by atoms with E-state index in [1.54, 1.807) is 6.92 Å². The molecule has 0 spiro atoms. The van der Waals surface area contributed by atoms with Crippen molar-refractivity contribution in [3.63, 3.8) is 0 Å². The van der Waals surface area contributed by atoms with Crippen molar-refractivity contribution >= 4 is 5.97 Å². The smallest absolute Gasteiger partial charge is 0.376 e. The van der Waals surface area contributed by atoms with Crippen LogP contribution in [0.4, 0.5) is 8.78 Å². The molecule has 7 heteroatoms. The van der Waals surface area contributed by atoms with Gasteiger partial charge in [-0.1, -0.05) is 13.8 Å². The SMILES string of the molecule is CCOC(=O)c1oc(CCOCC(F)F)nc1C(C)C. The number of halogens is 2. The average Bonchev–Trinajstić information content (AvgIpc) is 2.79. The number of alkyl halides is 2. The Balaban J connectivity index is 2.69. The summed E-state index contributed by atoms with van der Waals surface area (Å²) >= 11 is 0. The summed E-state index contributed by atoms with van der Waals surface area (Å²) in [5, 5.41) is 0. The fourth-order valence-electron chi connectivity index (χ4n) is 1.55. The minimum atomic E-state index is -2.50. The van der Waals surface area contributed by atoms with Crippen LogP contribution in [0.1, 0.15) is 48.8 Å². The summed E-state index contributed by atoms with van der Waals surface area (Å²) in [6, 6.07) is 0. The monoisotopic (exact) mass is 291 g/mol. The molecular formula is C13H19F2NO4. The van der Waals surface area contributed by atoms with Gasteiger partial charge >= 0.3 is 5.97 Å². The fraction of sp³-hybridized carbons (Fsp3) is 0.692. The zero-order valence-electron chi connectivity index (χ0n) is 11.8. The Morgan fingerprint density at radius 1 is 1.40 bits per heavy atom. The lowest BCUT2D eigenvalue weighted by atomic mass is 10.1. The summed E-state index contributed by atoms with van der Waals surface area (Å²) in [7, 11) is 0. The minimum Gasteiger partial charge on any atom is -0.460 e. The van der Waals surface area contributed by atoms with Crippen LogP contribution in [0.3, 0.4) is 0 Å². The fourth-order valence-corrected chi connectivity index (χ4v) is 1.55. The van der Waals surface area contributed by atoms with E-state index in [1.165, 1.54) is 0 Å². The molecule has 20 heavy (non-hydrogen) atoms. The number of oxazole rings is 1. The lowest BCUT2D eigenvalue weighted by Crippen LogP contribution is -2.07. The first-order valence-corrected chi connectivity index (χ1v) is 6.48. The van der Waals surface area contributed by atoms with E-state index in [-0.39, 0.29) is 37.2 Å². The van der Waals surface area contributed by atoms with Gasteiger partial charge in [-0.25, -0.2) is 18.6 Å². The molecular weight excluding hydrogens is 272 g/mol. The highest BCUT2D eigenvalue weighted by Crippen LogP contribution is 2.21. The summed E-state index contributed by atoms with van der Waals surface area (Å²) in [4.78, 5) is 15.9. The Morgan fingerprint density at radius 3 is 2.65 bits per heavy atom. The average molecular weight is 291 g/mol. The molecule has 0 radical (unpaired) electrons. The first-order valence-electron chi connectivity index (χ1n) is 6.48. The quantitative estimate of drug-likeness (QED) is 0.544. The van der Waals surface area contributed by atoms with E-state index < -0.39 is 19.0 Å². The van der Waals surface area contributed by atoms with Crippen molar-refractivity contribution in [2.45, 2.75) is 39.5 Å². The second-order valence-electron chi connectivity index (χ2n) is 4.41. The van der Waals surface area contributed by atoms with Crippen LogP contribution >= 0.6 is 0 Å². The molecule has 0 atom stereocenters. The van der Waals surface area contributed by atoms with Gasteiger partial charge in [0.2, 0.25) is 5.76 Å². The maximum atomic E-state index is 11.9. The van der Waals surface area contributed by atoms with Gasteiger partial charge in [-0.2, -0.15) is 0 Å². The van der Waals surface area contributed by atoms with Gasteiger partial charge in [0.05, 0.1) is 18.9 Å². The molecule has 0 bridgehead atoms. The lowest BCUT2D eigenvalue weighted by molar-refractivity contribution is 0.0172. The predicted molar refractivity (Wildman–Crippen MR) is 67.1 cm³/mol. The second kappa shape index (κ2) is 7.94. The summed E-state index contributed by atoms with van der Waals surface area (Å²) < 4.78 is 38.8. The Kier molecular flexibility index (Phi) is 6.57. The molecule has 1 aromatic heterocycles. The third kappa shape index (κ3) is 4.88. The van der Waals surface area contributed by atoms with Gasteiger partial charge in [-0.15, -0.1) is 0 Å². The summed E-state index contributed by atoms with van der Waals surface area (Å²) in [5.74, 6) is -0.214. The standard InChI is InChI=1S/C13H19F2NO4/c1-4-19-13(17)12-11(8(2)3)16-10(20-12)5-6-18-7-9(14)15/h8-9H,4-7H2,1-3H3. The molecule has 1 rings (SSSR count). The predicted octanol–water partition coefficient (Wildman–Crippen LogP) is 2.80. The van der Waals surface area contributed by atoms with Crippen molar-refractivity contribution in [3.05, 3.63) is 17.3 Å². The molecule has 0 unspecified atom stereocenters. The first kappa shape index (κ1) is 16.6. The number of hydrogen-bond acceptors (Lipinski definition) is 5. The normalized spacial score (nSPS) is 11.3. The van der Waals surface area contributed by atoms with Gasteiger partial charge in [0.25, 0.3) is 6.43 Å². The Bertz CT molecular complexity index is 432. The second-order valence-corrected chi connectivity index (χ2v) is 4.41. The Labute approximate surface area is 116 Å². The van der Waals surface area contributed by atoms with Crippen molar-refractivity contribution in [2.24, 2.45) is 0 Å². The molecule has 1 heterocycles. The van der Waals surface area contributed by atoms with E-state index >= 15 is 0 Å². The summed E-state index contributed by atoms with van der Waals surface area (Å²) in [6.45, 7) is 5.12. The van der Waals surface area contributed by atoms with Crippen molar-refractivity contribution in [2.75, 3.05) is 19.8 Å². The van der Waals surface area contributed by atoms with Gasteiger partial charge in [0, 0.05) is 6.42 Å². The molecule has 1 aromatic rings. The maximum Gasteiger partial charge on any atom is 0.376 e. The maximum absolute atomic E-state index is 11.9. The molecule has 0 fully saturated rings. The van der Waals surface area contributed by atoms with Crippen LogP contribution < -0.4 is 0 Å². The van der Waals surface area contributed by atoms with E-state index in [4.69, 9.17) is 13.9 Å². The van der Waals surface area contributed by atoms with Crippen LogP contribution in [-0.2, 0) is 15.9 Å². The number of esters is 1. The number of rotatable bonds is 8. The summed E-state index contributed by atoms with van der Waals surface area (Å²) in [5.41, 5.74) is 0.507. The highest BCUT2D eigenvalue weighted by atomic mass is 19.3. The molecule has 114 valence electrons. The van der Waals surface area contributed by atoms with E-state index in [2.05, 4.69) is 4.98 Å². The lowest BCUT2D eigenvalue weighted by Gasteiger charge is -2.02. The molecule has 0 saturated carbocycles. The van der Waals surface area contributed by atoms with Crippen molar-refractivity contribution < 1.29 is 27.5 Å². The van der Waals surface area contributed by atoms with Gasteiger partial charge in [-0.05, 0) is 12.8 Å². The van der Waals surface area contributed by atoms with Crippen molar-refractivity contribution in [1.29, 1.82) is 0 Å². The highest BCUT2D eigenvalue weighted by Gasteiger charge is 2.23. The van der Waals surface area contributed by atoms with E-state index in [1.807, 2.05) is 13.8 Å². The third-order valence-electron chi connectivity index (χ3n) is 2.41. The highest BCUT2D eigenvalue weighted by molar-refractivity contribution is 5.87. The molecule has 0 aliphatic carbocycles. The van der Waals surface area contributed by atoms with E-state index in [9.17, 15) is 13.6 Å². The first-order chi connectivity index (χ1) is 9.45. The van der Waals surface area contributed by atoms with Gasteiger partial charge in [0.15, 0.2) is 5.89 Å². The molecule has 0 aromatic carbocycles. The van der Waals surface area contributed by atoms with Gasteiger partial charge in [-0.3, -0.25) is 0 Å². The number of carbonyl (C=O) groups excluding carboxylic acids is 1. The zero-order chi connectivity index (χ0) is 15.1. The van der Waals surface area contributed by atoms with E-state index in [0.717, 1.165) is 0 Å². The number of hydrogen-bond donors (Lipinski definition) is 0. The van der Waals surface area contributed by atoms with Crippen molar-refractivity contribution in [3.8, 4) is 0 Å². The third-order valence-corrected chi connectivity index (χ3v) is 2.41. The number of nitrogens with zero attached hydrogens (tertiary/aromatic N) is 1. The minimum absolute atomic E-state index is 0.00566. The number of ether oxygens (including phenoxy) is 2. The summed E-state index contributed by atoms with van der Waals surface area (Å²) in [6.07, 6.45) is -2.27. The van der Waals surface area contributed by atoms with Crippen LogP contribution in [-0.4, -0.2) is 37.2 Å². The molecule has 0 aliphatic rings. The topological polar surface area (TPSA) is 61.6 Å². The molecule has 0 amide bonds. The Morgan fingerprint density at radius 2 is 2.10 bits per heavy atom. The number of aromatic nitrogens is 1. The zero-order valence-corrected chi connectivity index (χ0v) is 11.8. The number of carbonyl (C=O) groups is 1. The van der Waals surface area contributed by atoms with Crippen LogP contribution in [0, 0.1) is 0 Å². The van der Waals surface area contributed by atoms with Crippen molar-refractivity contribution in [1.82, 2.24) is 4.98 Å². The van der Waals surface area contributed by atoms with Gasteiger partial charge < -0.3 is 13.9 Å². The molecule has 5 nitrogen and oxygen atoms in total. The largest absolute Gasteiger partial charge is 0.460 e. The Hall–Kier alpha value is -1.50. The van der Waals surface area contributed by atoms with Gasteiger partial charge in [0.1, 0.15) is 6.61 Å². The van der Waals surface area contributed by atoms with Crippen LogP contribution in [0.25, 0.3) is 0 Å². The molecule has 0 aliphatic heterocycles. The van der Waals surface area contributed by atoms with Crippen LogP contribution in [0.15, 0.2) is 4.42 Å². The molecule has 0 N–H and O–H groups in total. The van der Waals surface area contributed by atoms with E-state index in [0.29, 0.717) is 5.69 Å².